The van der Waals surface area contributed by atoms with Gasteiger partial charge in [-0.05, 0) is 0 Å². The second kappa shape index (κ2) is 9.88. The maximum absolute atomic E-state index is 13.2. The first-order valence-electron chi connectivity index (χ1n) is 7.66. The van der Waals surface area contributed by atoms with Crippen molar-refractivity contribution in [2.24, 2.45) is 0 Å². The minimum atomic E-state index is -0.269. The molecule has 0 saturated carbocycles. The molecule has 2 radical (unpaired) electrons. The van der Waals surface area contributed by atoms with Crippen molar-refractivity contribution in [3.8, 4) is 0 Å². The second-order valence-electron chi connectivity index (χ2n) is 5.75. The topological polar surface area (TPSA) is 29.3 Å². The molecular formula is C16H22AsCl2FN2O. The summed E-state index contributed by atoms with van der Waals surface area (Å²) in [7, 11) is 0. The molecule has 0 unspecified atom stereocenters. The average molecular weight is 423 g/mol. The summed E-state index contributed by atoms with van der Waals surface area (Å²) in [5, 5.41) is 6.38. The summed E-state index contributed by atoms with van der Waals surface area (Å²) in [6.07, 6.45) is 4.80. The zero-order valence-corrected chi connectivity index (χ0v) is 16.4. The van der Waals surface area contributed by atoms with Crippen LogP contribution in [0, 0.1) is 5.82 Å². The number of hydrogen-bond acceptors (Lipinski definition) is 3. The van der Waals surface area contributed by atoms with E-state index < -0.39 is 0 Å². The fourth-order valence-corrected chi connectivity index (χ4v) is 3.57. The first kappa shape index (κ1) is 20.8. The molecule has 0 atom stereocenters. The van der Waals surface area contributed by atoms with Gasteiger partial charge in [0.1, 0.15) is 5.82 Å². The van der Waals surface area contributed by atoms with Gasteiger partial charge < -0.3 is 0 Å². The summed E-state index contributed by atoms with van der Waals surface area (Å²) in [6, 6.07) is 4.70. The number of rotatable bonds is 5. The van der Waals surface area contributed by atoms with Crippen molar-refractivity contribution in [3.63, 3.8) is 0 Å². The molecule has 0 bridgehead atoms. The van der Waals surface area contributed by atoms with Gasteiger partial charge in [0.15, 0.2) is 0 Å². The zero-order chi connectivity index (χ0) is 14.7. The van der Waals surface area contributed by atoms with Gasteiger partial charge in [-0.2, -0.15) is 0 Å². The molecule has 3 nitrogen and oxygen atoms in total. The van der Waals surface area contributed by atoms with E-state index in [0.717, 1.165) is 37.0 Å². The molecule has 0 N–H and O–H groups in total. The summed E-state index contributed by atoms with van der Waals surface area (Å²) < 4.78 is 18.5. The van der Waals surface area contributed by atoms with Crippen molar-refractivity contribution < 1.29 is 8.91 Å². The van der Waals surface area contributed by atoms with Crippen molar-refractivity contribution in [2.75, 3.05) is 19.6 Å². The normalized spacial score (nSPS) is 16.1. The average Bonchev–Trinajstić information content (AvgIpc) is 2.91. The quantitative estimate of drug-likeness (QED) is 0.529. The maximum atomic E-state index is 13.2. The minimum absolute atomic E-state index is 0. The molecule has 1 fully saturated rings. The molecule has 1 aliphatic heterocycles. The number of aromatic nitrogens is 1. The summed E-state index contributed by atoms with van der Waals surface area (Å²) in [6.45, 7) is 3.45. The van der Waals surface area contributed by atoms with E-state index in [1.54, 1.807) is 6.07 Å². The number of likely N-dealkylation sites (tertiary alicyclic amines) is 1. The van der Waals surface area contributed by atoms with Gasteiger partial charge in [-0.1, -0.05) is 0 Å². The monoisotopic (exact) mass is 422 g/mol. The molecule has 0 aliphatic carbocycles. The summed E-state index contributed by atoms with van der Waals surface area (Å²) in [5.41, 5.74) is 1.57. The van der Waals surface area contributed by atoms with Gasteiger partial charge in [-0.15, -0.1) is 24.8 Å². The molecule has 23 heavy (non-hydrogen) atoms. The van der Waals surface area contributed by atoms with E-state index in [0.29, 0.717) is 11.5 Å². The molecule has 0 amide bonds. The van der Waals surface area contributed by atoms with Crippen molar-refractivity contribution in [1.29, 1.82) is 0 Å². The Bertz CT molecular complexity index is 603. The van der Waals surface area contributed by atoms with Crippen LogP contribution in [-0.4, -0.2) is 46.5 Å². The van der Waals surface area contributed by atoms with Crippen LogP contribution in [0.15, 0.2) is 22.7 Å². The van der Waals surface area contributed by atoms with E-state index >= 15 is 0 Å². The Labute approximate surface area is 157 Å². The summed E-state index contributed by atoms with van der Waals surface area (Å²) in [4.78, 5) is 2.54. The molecule has 1 saturated heterocycles. The third kappa shape index (κ3) is 5.09. The Balaban J connectivity index is 0.00000132. The Kier molecular flexibility index (Phi) is 8.92. The number of halogens is 3. The van der Waals surface area contributed by atoms with Crippen LogP contribution in [0.1, 0.15) is 37.3 Å². The van der Waals surface area contributed by atoms with Gasteiger partial charge in [-0.25, -0.2) is 4.39 Å². The van der Waals surface area contributed by atoms with Crippen molar-refractivity contribution in [3.05, 3.63) is 29.7 Å². The SMILES string of the molecule is Cl.Cl.Fc1ccc2c(C3CCN(CCCC[As])CC3)noc2c1. The fraction of sp³-hybridized carbons (Fsp3) is 0.562. The van der Waals surface area contributed by atoms with E-state index in [4.69, 9.17) is 4.52 Å². The number of unbranched alkanes of at least 4 members (excludes halogenated alkanes) is 1. The van der Waals surface area contributed by atoms with E-state index in [9.17, 15) is 4.39 Å². The molecule has 128 valence electrons. The Morgan fingerprint density at radius 3 is 2.65 bits per heavy atom. The molecule has 1 aliphatic rings. The third-order valence-corrected chi connectivity index (χ3v) is 4.98. The third-order valence-electron chi connectivity index (χ3n) is 4.32. The summed E-state index contributed by atoms with van der Waals surface area (Å²) in [5.74, 6) is 0.172. The molecule has 1 aromatic carbocycles. The molecular weight excluding hydrogens is 401 g/mol. The van der Waals surface area contributed by atoms with Crippen LogP contribution in [0.2, 0.25) is 5.21 Å². The van der Waals surface area contributed by atoms with Crippen LogP contribution in [0.4, 0.5) is 4.39 Å². The van der Waals surface area contributed by atoms with Crippen LogP contribution in [-0.2, 0) is 0 Å². The Morgan fingerprint density at radius 1 is 1.22 bits per heavy atom. The van der Waals surface area contributed by atoms with Crippen LogP contribution in [0.5, 0.6) is 0 Å². The van der Waals surface area contributed by atoms with Gasteiger partial charge in [0.25, 0.3) is 0 Å². The predicted molar refractivity (Wildman–Crippen MR) is 96.7 cm³/mol. The van der Waals surface area contributed by atoms with Gasteiger partial charge in [0.05, 0.1) is 0 Å². The van der Waals surface area contributed by atoms with E-state index in [1.807, 2.05) is 0 Å². The number of hydrogen-bond donors (Lipinski definition) is 0. The molecule has 2 heterocycles. The van der Waals surface area contributed by atoms with Gasteiger partial charge in [-0.3, -0.25) is 0 Å². The molecule has 7 heteroatoms. The Hall–Kier alpha value is -0.282. The van der Waals surface area contributed by atoms with Crippen LogP contribution in [0.25, 0.3) is 11.0 Å². The zero-order valence-electron chi connectivity index (χ0n) is 12.9. The number of piperidine rings is 1. The molecule has 3 rings (SSSR count). The van der Waals surface area contributed by atoms with Gasteiger partial charge >= 0.3 is 123 Å². The van der Waals surface area contributed by atoms with Crippen LogP contribution in [0.3, 0.4) is 0 Å². The molecule has 0 spiro atoms. The van der Waals surface area contributed by atoms with E-state index in [1.165, 1.54) is 36.7 Å². The fourth-order valence-electron chi connectivity index (χ4n) is 3.10. The van der Waals surface area contributed by atoms with Gasteiger partial charge in [0.2, 0.25) is 0 Å². The van der Waals surface area contributed by atoms with Crippen molar-refractivity contribution in [2.45, 2.75) is 36.8 Å². The molecule has 2 aromatic rings. The number of fused-ring (bicyclic) bond motifs is 1. The Morgan fingerprint density at radius 2 is 1.96 bits per heavy atom. The molecule has 1 aromatic heterocycles. The first-order chi connectivity index (χ1) is 10.3. The van der Waals surface area contributed by atoms with E-state index in [-0.39, 0.29) is 30.6 Å². The first-order valence-corrected chi connectivity index (χ1v) is 8.98. The number of nitrogens with zero attached hydrogens (tertiary/aromatic N) is 2. The predicted octanol–water partition coefficient (Wildman–Crippen LogP) is 4.36. The van der Waals surface area contributed by atoms with Crippen LogP contribution < -0.4 is 0 Å². The van der Waals surface area contributed by atoms with Gasteiger partial charge in [0, 0.05) is 0 Å². The summed E-state index contributed by atoms with van der Waals surface area (Å²) >= 11 is 2.65. The van der Waals surface area contributed by atoms with E-state index in [2.05, 4.69) is 26.9 Å². The second-order valence-corrected chi connectivity index (χ2v) is 6.69. The van der Waals surface area contributed by atoms with Crippen LogP contribution >= 0.6 is 24.8 Å². The van der Waals surface area contributed by atoms with Crippen molar-refractivity contribution in [1.82, 2.24) is 10.1 Å². The standard InChI is InChI=1S/C16H20AsFN2O.2ClH/c17-7-1-2-8-20-9-5-12(6-10-20)16-14-4-3-13(18)11-15(14)21-19-16;;/h3-4,11-12H,1-2,5-10H2;2*1H. The number of benzene rings is 1. The van der Waals surface area contributed by atoms with Crippen molar-refractivity contribution >= 4 is 52.6 Å².